The van der Waals surface area contributed by atoms with E-state index in [0.29, 0.717) is 13.0 Å². The number of carbonyl (C=O) groups excluding carboxylic acids is 1. The molecule has 0 saturated carbocycles. The Morgan fingerprint density at radius 2 is 2.16 bits per heavy atom. The molecule has 5 nitrogen and oxygen atoms in total. The summed E-state index contributed by atoms with van der Waals surface area (Å²) in [6, 6.07) is 0. The molecule has 0 aliphatic carbocycles. The van der Waals surface area contributed by atoms with Gasteiger partial charge in [0.15, 0.2) is 0 Å². The van der Waals surface area contributed by atoms with Gasteiger partial charge in [0.25, 0.3) is 0 Å². The SMILES string of the molecule is CCCC(O)CNC(=O)CCn1c(C)c(C)sc1=O. The summed E-state index contributed by atoms with van der Waals surface area (Å²) in [7, 11) is 0. The van der Waals surface area contributed by atoms with Crippen LogP contribution >= 0.6 is 11.3 Å². The quantitative estimate of drug-likeness (QED) is 0.791. The van der Waals surface area contributed by atoms with Gasteiger partial charge in [-0.25, -0.2) is 0 Å². The standard InChI is InChI=1S/C13H22N2O3S/c1-4-5-11(16)8-14-12(17)6-7-15-9(2)10(3)19-13(15)18/h11,16H,4-8H2,1-3H3,(H,14,17). The Hall–Kier alpha value is -1.14. The van der Waals surface area contributed by atoms with E-state index in [1.54, 1.807) is 4.57 Å². The third kappa shape index (κ3) is 4.80. The smallest absolute Gasteiger partial charge is 0.307 e. The Morgan fingerprint density at radius 1 is 1.47 bits per heavy atom. The van der Waals surface area contributed by atoms with Gasteiger partial charge in [0.2, 0.25) is 5.91 Å². The van der Waals surface area contributed by atoms with Gasteiger partial charge in [-0.2, -0.15) is 0 Å². The summed E-state index contributed by atoms with van der Waals surface area (Å²) in [5.74, 6) is -0.134. The number of aromatic nitrogens is 1. The summed E-state index contributed by atoms with van der Waals surface area (Å²) in [6.07, 6.45) is 1.35. The fraction of sp³-hybridized carbons (Fsp3) is 0.692. The highest BCUT2D eigenvalue weighted by atomic mass is 32.1. The van der Waals surface area contributed by atoms with Crippen molar-refractivity contribution < 1.29 is 9.90 Å². The van der Waals surface area contributed by atoms with Crippen LogP contribution in [0.1, 0.15) is 36.8 Å². The van der Waals surface area contributed by atoms with Crippen molar-refractivity contribution in [3.63, 3.8) is 0 Å². The van der Waals surface area contributed by atoms with E-state index < -0.39 is 6.10 Å². The summed E-state index contributed by atoms with van der Waals surface area (Å²) in [5.41, 5.74) is 0.925. The number of aliphatic hydroxyl groups excluding tert-OH is 1. The van der Waals surface area contributed by atoms with E-state index in [1.807, 2.05) is 20.8 Å². The highest BCUT2D eigenvalue weighted by Crippen LogP contribution is 2.09. The highest BCUT2D eigenvalue weighted by molar-refractivity contribution is 7.09. The number of hydrogen-bond donors (Lipinski definition) is 2. The monoisotopic (exact) mass is 286 g/mol. The maximum absolute atomic E-state index is 11.6. The molecule has 0 saturated heterocycles. The minimum atomic E-state index is -0.484. The van der Waals surface area contributed by atoms with E-state index in [0.717, 1.165) is 17.0 Å². The van der Waals surface area contributed by atoms with Gasteiger partial charge in [-0.3, -0.25) is 9.59 Å². The minimum Gasteiger partial charge on any atom is -0.391 e. The van der Waals surface area contributed by atoms with Crippen LogP contribution in [0.5, 0.6) is 0 Å². The molecule has 19 heavy (non-hydrogen) atoms. The molecule has 1 rings (SSSR count). The minimum absolute atomic E-state index is 0.0196. The summed E-state index contributed by atoms with van der Waals surface area (Å²) in [6.45, 7) is 6.45. The second kappa shape index (κ2) is 7.45. The fourth-order valence-corrected chi connectivity index (χ4v) is 2.67. The van der Waals surface area contributed by atoms with Gasteiger partial charge < -0.3 is 15.0 Å². The number of aryl methyl sites for hydroxylation is 1. The van der Waals surface area contributed by atoms with Gasteiger partial charge in [0.05, 0.1) is 6.10 Å². The first-order valence-electron chi connectivity index (χ1n) is 6.57. The molecule has 1 amide bonds. The van der Waals surface area contributed by atoms with Gasteiger partial charge in [-0.1, -0.05) is 24.7 Å². The van der Waals surface area contributed by atoms with Crippen molar-refractivity contribution in [3.05, 3.63) is 20.2 Å². The molecular formula is C13H22N2O3S. The molecule has 1 aromatic heterocycles. The lowest BCUT2D eigenvalue weighted by Gasteiger charge is -2.11. The zero-order chi connectivity index (χ0) is 14.4. The number of thiazole rings is 1. The third-order valence-corrected chi connectivity index (χ3v) is 4.09. The van der Waals surface area contributed by atoms with Crippen molar-refractivity contribution in [2.45, 2.75) is 52.7 Å². The first kappa shape index (κ1) is 15.9. The zero-order valence-corrected chi connectivity index (χ0v) is 12.5. The Morgan fingerprint density at radius 3 is 2.68 bits per heavy atom. The van der Waals surface area contributed by atoms with Crippen LogP contribution in [0.4, 0.5) is 0 Å². The molecule has 1 atom stereocenters. The van der Waals surface area contributed by atoms with Crippen molar-refractivity contribution in [2.24, 2.45) is 0 Å². The maximum Gasteiger partial charge on any atom is 0.307 e. The second-order valence-electron chi connectivity index (χ2n) is 4.66. The van der Waals surface area contributed by atoms with Crippen LogP contribution in [0.15, 0.2) is 4.79 Å². The molecule has 0 radical (unpaired) electrons. The van der Waals surface area contributed by atoms with Crippen molar-refractivity contribution in [1.29, 1.82) is 0 Å². The van der Waals surface area contributed by atoms with Crippen LogP contribution < -0.4 is 10.2 Å². The van der Waals surface area contributed by atoms with E-state index in [4.69, 9.17) is 0 Å². The largest absolute Gasteiger partial charge is 0.391 e. The predicted octanol–water partition coefficient (Wildman–Crippen LogP) is 1.19. The molecule has 0 aliphatic rings. The van der Waals surface area contributed by atoms with Gasteiger partial charge in [0.1, 0.15) is 0 Å². The molecule has 1 unspecified atom stereocenters. The van der Waals surface area contributed by atoms with Gasteiger partial charge in [-0.05, 0) is 20.3 Å². The lowest BCUT2D eigenvalue weighted by atomic mass is 10.2. The average Bonchev–Trinajstić information content (AvgIpc) is 2.59. The van der Waals surface area contributed by atoms with Crippen LogP contribution in [-0.2, 0) is 11.3 Å². The first-order chi connectivity index (χ1) is 8.95. The van der Waals surface area contributed by atoms with Crippen LogP contribution in [-0.4, -0.2) is 28.2 Å². The van der Waals surface area contributed by atoms with E-state index in [-0.39, 0.29) is 23.7 Å². The summed E-state index contributed by atoms with van der Waals surface area (Å²) < 4.78 is 1.63. The van der Waals surface area contributed by atoms with E-state index in [2.05, 4.69) is 5.32 Å². The van der Waals surface area contributed by atoms with Crippen molar-refractivity contribution in [3.8, 4) is 0 Å². The van der Waals surface area contributed by atoms with Crippen LogP contribution in [0.25, 0.3) is 0 Å². The molecule has 0 bridgehead atoms. The number of carbonyl (C=O) groups is 1. The number of hydrogen-bond acceptors (Lipinski definition) is 4. The molecular weight excluding hydrogens is 264 g/mol. The fourth-order valence-electron chi connectivity index (χ4n) is 1.81. The molecule has 6 heteroatoms. The van der Waals surface area contributed by atoms with E-state index in [1.165, 1.54) is 11.3 Å². The van der Waals surface area contributed by atoms with Crippen molar-refractivity contribution in [2.75, 3.05) is 6.54 Å². The number of nitrogens with zero attached hydrogens (tertiary/aromatic N) is 1. The number of aliphatic hydroxyl groups is 1. The molecule has 108 valence electrons. The number of amides is 1. The summed E-state index contributed by atoms with van der Waals surface area (Å²) in [5, 5.41) is 12.2. The Balaban J connectivity index is 2.40. The molecule has 0 spiro atoms. The third-order valence-electron chi connectivity index (χ3n) is 3.09. The number of rotatable bonds is 7. The van der Waals surface area contributed by atoms with Crippen molar-refractivity contribution >= 4 is 17.2 Å². The van der Waals surface area contributed by atoms with Gasteiger partial charge >= 0.3 is 4.87 Å². The van der Waals surface area contributed by atoms with Crippen LogP contribution in [0.2, 0.25) is 0 Å². The topological polar surface area (TPSA) is 71.3 Å². The lowest BCUT2D eigenvalue weighted by molar-refractivity contribution is -0.121. The van der Waals surface area contributed by atoms with Crippen molar-refractivity contribution in [1.82, 2.24) is 9.88 Å². The zero-order valence-electron chi connectivity index (χ0n) is 11.7. The lowest BCUT2D eigenvalue weighted by Crippen LogP contribution is -2.33. The van der Waals surface area contributed by atoms with Gasteiger partial charge in [0, 0.05) is 30.1 Å². The van der Waals surface area contributed by atoms with Gasteiger partial charge in [-0.15, -0.1) is 0 Å². The highest BCUT2D eigenvalue weighted by Gasteiger charge is 2.10. The van der Waals surface area contributed by atoms with E-state index >= 15 is 0 Å². The normalized spacial score (nSPS) is 12.4. The maximum atomic E-state index is 11.6. The van der Waals surface area contributed by atoms with Crippen LogP contribution in [0, 0.1) is 13.8 Å². The van der Waals surface area contributed by atoms with Crippen LogP contribution in [0.3, 0.4) is 0 Å². The molecule has 0 aromatic carbocycles. The summed E-state index contributed by atoms with van der Waals surface area (Å²) >= 11 is 1.21. The molecule has 1 heterocycles. The second-order valence-corrected chi connectivity index (χ2v) is 5.82. The molecule has 1 aromatic rings. The predicted molar refractivity (Wildman–Crippen MR) is 76.6 cm³/mol. The molecule has 2 N–H and O–H groups in total. The number of nitrogens with one attached hydrogen (secondary N) is 1. The Bertz CT molecular complexity index is 479. The Labute approximate surface area is 117 Å². The average molecular weight is 286 g/mol. The first-order valence-corrected chi connectivity index (χ1v) is 7.39. The Kier molecular flexibility index (Phi) is 6.24. The van der Waals surface area contributed by atoms with E-state index in [9.17, 15) is 14.7 Å². The molecule has 0 aliphatic heterocycles. The summed E-state index contributed by atoms with van der Waals surface area (Å²) in [4.78, 5) is 24.2. The molecule has 0 fully saturated rings.